The third-order valence-corrected chi connectivity index (χ3v) is 7.21. The van der Waals surface area contributed by atoms with Gasteiger partial charge >= 0.3 is 0 Å². The molecule has 1 aromatic heterocycles. The van der Waals surface area contributed by atoms with Gasteiger partial charge in [-0.3, -0.25) is 0 Å². The van der Waals surface area contributed by atoms with Gasteiger partial charge in [0.25, 0.3) is 0 Å². The number of aryl methyl sites for hydroxylation is 1. The first-order valence-corrected chi connectivity index (χ1v) is 12.9. The minimum atomic E-state index is -1.06. The number of rotatable bonds is 7. The number of benzene rings is 1. The molecule has 6 nitrogen and oxygen atoms in total. The van der Waals surface area contributed by atoms with E-state index in [4.69, 9.17) is 14.7 Å². The lowest BCUT2D eigenvalue weighted by Gasteiger charge is -2.27. The van der Waals surface area contributed by atoms with Crippen LogP contribution in [0, 0.1) is 6.92 Å². The number of nitrogens with one attached hydrogen (secondary N) is 1. The molecule has 2 aromatic rings. The molecule has 0 spiro atoms. The summed E-state index contributed by atoms with van der Waals surface area (Å²) in [4.78, 5) is 12.2. The Morgan fingerprint density at radius 2 is 1.97 bits per heavy atom. The van der Waals surface area contributed by atoms with E-state index < -0.39 is 11.4 Å². The lowest BCUT2D eigenvalue weighted by molar-refractivity contribution is 0.331. The fourth-order valence-corrected chi connectivity index (χ4v) is 4.89. The minimum Gasteiger partial charge on any atom is -0.598 e. The van der Waals surface area contributed by atoms with Gasteiger partial charge < -0.3 is 14.2 Å². The lowest BCUT2D eigenvalue weighted by atomic mass is 10.0. The first-order valence-electron chi connectivity index (χ1n) is 10.9. The Hall–Kier alpha value is -1.35. The Labute approximate surface area is 197 Å². The van der Waals surface area contributed by atoms with E-state index in [1.807, 2.05) is 26.0 Å². The largest absolute Gasteiger partial charge is 0.598 e. The average Bonchev–Trinajstić information content (AvgIpc) is 2.92. The van der Waals surface area contributed by atoms with Crippen LogP contribution >= 0.6 is 15.9 Å². The van der Waals surface area contributed by atoms with Crippen LogP contribution in [0.2, 0.25) is 0 Å². The zero-order valence-corrected chi connectivity index (χ0v) is 21.6. The normalized spacial score (nSPS) is 16.1. The molecule has 0 amide bonds. The summed E-state index contributed by atoms with van der Waals surface area (Å²) in [6.45, 7) is 15.1. The number of ether oxygens (including phenoxy) is 1. The van der Waals surface area contributed by atoms with Crippen LogP contribution in [-0.4, -0.2) is 39.5 Å². The molecular formula is C23H33BrN4O2S. The first kappa shape index (κ1) is 24.3. The monoisotopic (exact) mass is 508 g/mol. The second kappa shape index (κ2) is 10.5. The van der Waals surface area contributed by atoms with Crippen LogP contribution < -0.4 is 14.4 Å². The Morgan fingerprint density at radius 1 is 1.23 bits per heavy atom. The Kier molecular flexibility index (Phi) is 8.24. The molecule has 170 valence electrons. The molecule has 0 aliphatic carbocycles. The Morgan fingerprint density at radius 3 is 2.65 bits per heavy atom. The number of halogens is 1. The third-order valence-electron chi connectivity index (χ3n) is 5.41. The van der Waals surface area contributed by atoms with Gasteiger partial charge in [0.05, 0.1) is 13.1 Å². The molecule has 0 bridgehead atoms. The predicted octanol–water partition coefficient (Wildman–Crippen LogP) is 4.84. The van der Waals surface area contributed by atoms with E-state index in [-0.39, 0.29) is 11.2 Å². The Bertz CT molecular complexity index is 909. The van der Waals surface area contributed by atoms with Crippen LogP contribution in [0.15, 0.2) is 22.7 Å². The van der Waals surface area contributed by atoms with Crippen molar-refractivity contribution >= 4 is 33.1 Å². The number of fused-ring (bicyclic) bond motifs is 1. The molecule has 1 aliphatic heterocycles. The minimum absolute atomic E-state index is 0.0472. The van der Waals surface area contributed by atoms with E-state index in [1.165, 1.54) is 5.56 Å². The number of anilines is 1. The fourth-order valence-electron chi connectivity index (χ4n) is 3.73. The second-order valence-corrected chi connectivity index (χ2v) is 11.4. The van der Waals surface area contributed by atoms with Crippen LogP contribution in [0.25, 0.3) is 0 Å². The number of hydrogen-bond acceptors (Lipinski definition) is 6. The summed E-state index contributed by atoms with van der Waals surface area (Å²) in [6, 6.07) is 6.15. The van der Waals surface area contributed by atoms with Gasteiger partial charge in [-0.1, -0.05) is 36.7 Å². The number of aromatic nitrogens is 2. The first-order chi connectivity index (χ1) is 14.7. The maximum Gasteiger partial charge on any atom is 0.136 e. The van der Waals surface area contributed by atoms with Crippen LogP contribution in [0.3, 0.4) is 0 Å². The van der Waals surface area contributed by atoms with E-state index in [9.17, 15) is 4.55 Å². The van der Waals surface area contributed by atoms with Gasteiger partial charge in [0.15, 0.2) is 0 Å². The topological polar surface area (TPSA) is 73.3 Å². The summed E-state index contributed by atoms with van der Waals surface area (Å²) < 4.78 is 22.3. The number of hydrogen-bond donors (Lipinski definition) is 1. The van der Waals surface area contributed by atoms with Crippen molar-refractivity contribution in [3.63, 3.8) is 0 Å². The van der Waals surface area contributed by atoms with Crippen molar-refractivity contribution in [2.45, 2.75) is 65.2 Å². The summed E-state index contributed by atoms with van der Waals surface area (Å²) in [5, 5.41) is 0.0743. The van der Waals surface area contributed by atoms with Gasteiger partial charge in [0, 0.05) is 45.1 Å². The highest BCUT2D eigenvalue weighted by Crippen LogP contribution is 2.34. The van der Waals surface area contributed by atoms with Crippen molar-refractivity contribution < 1.29 is 9.29 Å². The molecule has 1 unspecified atom stereocenters. The maximum absolute atomic E-state index is 12.1. The van der Waals surface area contributed by atoms with Crippen molar-refractivity contribution in [3.05, 3.63) is 45.3 Å². The van der Waals surface area contributed by atoms with Crippen LogP contribution in [-0.2, 0) is 17.9 Å². The molecule has 1 N–H and O–H groups in total. The molecule has 1 aromatic carbocycles. The summed E-state index contributed by atoms with van der Waals surface area (Å²) in [5.74, 6) is 3.04. The smallest absolute Gasteiger partial charge is 0.136 e. The van der Waals surface area contributed by atoms with Gasteiger partial charge in [0.2, 0.25) is 0 Å². The zero-order valence-electron chi connectivity index (χ0n) is 19.2. The molecule has 0 fully saturated rings. The van der Waals surface area contributed by atoms with Crippen molar-refractivity contribution in [3.8, 4) is 5.75 Å². The molecule has 1 aliphatic rings. The van der Waals surface area contributed by atoms with Gasteiger partial charge in [-0.2, -0.15) is 0 Å². The molecule has 2 atom stereocenters. The summed E-state index contributed by atoms with van der Waals surface area (Å²) in [7, 11) is 0. The molecule has 0 saturated carbocycles. The fraction of sp³-hybridized carbons (Fsp3) is 0.565. The second-order valence-electron chi connectivity index (χ2n) is 8.68. The standard InChI is InChI=1S/C23H33BrN4O2S/c1-14(2)21-17(6)26-22(16(5)12-25-31(29)15(3)4)27-23(21)28-9-10-30-20-8-7-19(24)11-18(20)13-28/h7-8,11,14-16,25H,9-10,12-13H2,1-6H3/t16-,31?/m1/s1. The maximum atomic E-state index is 12.1. The molecule has 0 saturated heterocycles. The van der Waals surface area contributed by atoms with Crippen molar-refractivity contribution in [1.82, 2.24) is 14.7 Å². The molecule has 8 heteroatoms. The SMILES string of the molecule is Cc1nc([C@H](C)CN[S+]([O-])C(C)C)nc(N2CCOc3ccc(Br)cc3C2)c1C(C)C. The average molecular weight is 510 g/mol. The highest BCUT2D eigenvalue weighted by molar-refractivity contribution is 9.10. The molecule has 31 heavy (non-hydrogen) atoms. The van der Waals surface area contributed by atoms with E-state index in [0.717, 1.165) is 46.2 Å². The van der Waals surface area contributed by atoms with E-state index in [0.29, 0.717) is 19.1 Å². The summed E-state index contributed by atoms with van der Waals surface area (Å²) in [6.07, 6.45) is 0. The van der Waals surface area contributed by atoms with Gasteiger partial charge in [0.1, 0.15) is 29.2 Å². The third kappa shape index (κ3) is 5.92. The predicted molar refractivity (Wildman–Crippen MR) is 131 cm³/mol. The lowest BCUT2D eigenvalue weighted by Crippen LogP contribution is -2.34. The van der Waals surface area contributed by atoms with Crippen molar-refractivity contribution in [1.29, 1.82) is 0 Å². The molecule has 3 rings (SSSR count). The zero-order chi connectivity index (χ0) is 22.7. The molecular weight excluding hydrogens is 476 g/mol. The van der Waals surface area contributed by atoms with E-state index >= 15 is 0 Å². The van der Waals surface area contributed by atoms with Crippen molar-refractivity contribution in [2.75, 3.05) is 24.6 Å². The quantitative estimate of drug-likeness (QED) is 0.539. The van der Waals surface area contributed by atoms with E-state index in [1.54, 1.807) is 0 Å². The highest BCUT2D eigenvalue weighted by atomic mass is 79.9. The van der Waals surface area contributed by atoms with Crippen molar-refractivity contribution in [2.24, 2.45) is 0 Å². The number of nitrogens with zero attached hydrogens (tertiary/aromatic N) is 3. The molecule has 2 heterocycles. The summed E-state index contributed by atoms with van der Waals surface area (Å²) in [5.41, 5.74) is 3.32. The van der Waals surface area contributed by atoms with E-state index in [2.05, 4.69) is 59.3 Å². The van der Waals surface area contributed by atoms with Gasteiger partial charge in [-0.15, -0.1) is 4.72 Å². The van der Waals surface area contributed by atoms with Crippen LogP contribution in [0.1, 0.15) is 69.1 Å². The Balaban J connectivity index is 1.94. The molecule has 0 radical (unpaired) electrons. The van der Waals surface area contributed by atoms with Crippen LogP contribution in [0.5, 0.6) is 5.75 Å². The highest BCUT2D eigenvalue weighted by Gasteiger charge is 2.25. The summed E-state index contributed by atoms with van der Waals surface area (Å²) >= 11 is 2.52. The van der Waals surface area contributed by atoms with Gasteiger partial charge in [-0.05, 0) is 44.9 Å². The van der Waals surface area contributed by atoms with Crippen LogP contribution in [0.4, 0.5) is 5.82 Å². The van der Waals surface area contributed by atoms with Gasteiger partial charge in [-0.25, -0.2) is 9.97 Å².